The van der Waals surface area contributed by atoms with E-state index in [-0.39, 0.29) is 17.5 Å². The van der Waals surface area contributed by atoms with Crippen LogP contribution in [0.25, 0.3) is 159 Å². The fraction of sp³-hybridized carbons (Fsp3) is 0.0769. The van der Waals surface area contributed by atoms with Crippen LogP contribution in [0.1, 0.15) is 52.7 Å². The van der Waals surface area contributed by atoms with Gasteiger partial charge in [-0.2, -0.15) is 0 Å². The van der Waals surface area contributed by atoms with Crippen molar-refractivity contribution in [3.05, 3.63) is 345 Å². The van der Waals surface area contributed by atoms with Crippen molar-refractivity contribution in [2.45, 2.75) is 52.4 Å². The first-order chi connectivity index (χ1) is 54.4. The van der Waals surface area contributed by atoms with Gasteiger partial charge >= 0.3 is 0 Å². The van der Waals surface area contributed by atoms with Crippen LogP contribution < -0.4 is 26.2 Å². The van der Waals surface area contributed by atoms with Crippen LogP contribution in [0.15, 0.2) is 334 Å². The fourth-order valence-corrected chi connectivity index (χ4v) is 23.3. The lowest BCUT2D eigenvalue weighted by Crippen LogP contribution is -2.62. The molecule has 7 heteroatoms. The van der Waals surface area contributed by atoms with Crippen molar-refractivity contribution >= 4 is 183 Å². The van der Waals surface area contributed by atoms with Crippen LogP contribution >= 0.6 is 45.3 Å². The van der Waals surface area contributed by atoms with Crippen LogP contribution in [0.4, 0.5) is 34.1 Å². The maximum atomic E-state index is 2.80. The molecule has 111 heavy (non-hydrogen) atoms. The average molecular weight is 1490 g/mol. The molecule has 0 saturated heterocycles. The highest BCUT2D eigenvalue weighted by molar-refractivity contribution is 7.27. The first kappa shape index (κ1) is 66.1. The van der Waals surface area contributed by atoms with Crippen LogP contribution in [-0.4, -0.2) is 6.71 Å². The van der Waals surface area contributed by atoms with Gasteiger partial charge in [0.15, 0.2) is 0 Å². The molecule has 0 saturated carbocycles. The molecule has 0 N–H and O–H groups in total. The molecule has 6 heterocycles. The topological polar surface area (TPSA) is 6.48 Å². The summed E-state index contributed by atoms with van der Waals surface area (Å²) in [7, 11) is 0. The van der Waals surface area contributed by atoms with Gasteiger partial charge in [0.25, 0.3) is 6.71 Å². The number of anilines is 6. The Balaban J connectivity index is 0.967. The van der Waals surface area contributed by atoms with Gasteiger partial charge in [0.2, 0.25) is 0 Å². The molecular formula is C104H73BN2S4. The quantitative estimate of drug-likeness (QED) is 0.133. The molecule has 2 aliphatic rings. The minimum absolute atomic E-state index is 0.289. The minimum Gasteiger partial charge on any atom is -0.310 e. The predicted octanol–water partition coefficient (Wildman–Crippen LogP) is 29.5. The Hall–Kier alpha value is -11.9. The lowest BCUT2D eigenvalue weighted by atomic mass is 9.33. The molecule has 16 aromatic carbocycles. The number of hydrogen-bond donors (Lipinski definition) is 0. The van der Waals surface area contributed by atoms with Gasteiger partial charge in [-0.15, -0.1) is 45.3 Å². The first-order valence-electron chi connectivity index (χ1n) is 38.6. The van der Waals surface area contributed by atoms with E-state index in [9.17, 15) is 0 Å². The summed E-state index contributed by atoms with van der Waals surface area (Å²) in [4.78, 5) is 5.60. The molecule has 2 nitrogen and oxygen atoms in total. The van der Waals surface area contributed by atoms with Crippen LogP contribution in [0, 0.1) is 0 Å². The second-order valence-corrected chi connectivity index (χ2v) is 36.4. The molecule has 0 atom stereocenters. The predicted molar refractivity (Wildman–Crippen MR) is 487 cm³/mol. The molecule has 0 aliphatic carbocycles. The van der Waals surface area contributed by atoms with Crippen molar-refractivity contribution in [1.82, 2.24) is 0 Å². The summed E-state index contributed by atoms with van der Waals surface area (Å²) in [6.07, 6.45) is 0. The zero-order valence-electron chi connectivity index (χ0n) is 62.4. The molecular weight excluding hydrogens is 1420 g/mol. The third-order valence-corrected chi connectivity index (χ3v) is 28.1. The Labute approximate surface area is 662 Å². The molecule has 0 radical (unpaired) electrons. The standard InChI is InChI=1S/C104H73BN2S4/c1-103(2,3)80-60-82-84(58-78(80)63-32-12-8-13-33-63)106(101-70(66-40-26-52-92-96(66)74-36-16-20-48-88(74)108-92)44-24-45-71(101)67-41-27-53-93-97(67)75-37-17-21-49-89(75)109-93)86-56-65(62-30-10-7-11-31-62)57-87-100(86)105(82)83-61-81(104(4,5)6)79(64-34-14-9-15-35-64)59-85(83)107(87)102-72(68-42-28-54-94-98(68)76-38-18-22-50-90(76)110-94)46-25-47-73(102)69-43-29-55-95-99(69)77-39-19-23-51-91(77)111-95/h7-61H,1-6H3. The van der Waals surface area contributed by atoms with Crippen molar-refractivity contribution in [2.75, 3.05) is 9.80 Å². The maximum Gasteiger partial charge on any atom is 0.252 e. The van der Waals surface area contributed by atoms with Gasteiger partial charge in [-0.1, -0.05) is 302 Å². The van der Waals surface area contributed by atoms with Gasteiger partial charge in [0.1, 0.15) is 0 Å². The molecule has 526 valence electrons. The largest absolute Gasteiger partial charge is 0.310 e. The molecule has 0 unspecified atom stereocenters. The molecule has 0 amide bonds. The Morgan fingerprint density at radius 1 is 0.225 bits per heavy atom. The van der Waals surface area contributed by atoms with Crippen molar-refractivity contribution in [3.8, 4) is 77.9 Å². The van der Waals surface area contributed by atoms with E-state index in [1.165, 1.54) is 153 Å². The van der Waals surface area contributed by atoms with Crippen LogP contribution in [0.2, 0.25) is 0 Å². The van der Waals surface area contributed by atoms with E-state index in [1.807, 2.05) is 45.3 Å². The average Bonchev–Trinajstić information content (AvgIpc) is 1.42. The number of para-hydroxylation sites is 2. The Morgan fingerprint density at radius 2 is 0.495 bits per heavy atom. The molecule has 0 spiro atoms. The summed E-state index contributed by atoms with van der Waals surface area (Å²) in [5.74, 6) is 0. The second-order valence-electron chi connectivity index (χ2n) is 32.1. The minimum atomic E-state index is -0.301. The number of benzene rings is 16. The van der Waals surface area contributed by atoms with E-state index in [0.29, 0.717) is 0 Å². The summed E-state index contributed by atoms with van der Waals surface area (Å²) < 4.78 is 10.2. The molecule has 22 rings (SSSR count). The van der Waals surface area contributed by atoms with E-state index < -0.39 is 0 Å². The van der Waals surface area contributed by atoms with Gasteiger partial charge < -0.3 is 9.80 Å². The molecule has 4 aromatic heterocycles. The Morgan fingerprint density at radius 3 is 0.811 bits per heavy atom. The normalized spacial score (nSPS) is 12.9. The number of rotatable bonds is 9. The zero-order chi connectivity index (χ0) is 74.1. The molecule has 0 bridgehead atoms. The van der Waals surface area contributed by atoms with E-state index in [2.05, 4.69) is 385 Å². The van der Waals surface area contributed by atoms with Crippen molar-refractivity contribution < 1.29 is 0 Å². The Bertz CT molecular complexity index is 6570. The highest BCUT2D eigenvalue weighted by Crippen LogP contribution is 2.59. The number of fused-ring (bicyclic) bond motifs is 16. The maximum absolute atomic E-state index is 2.80. The van der Waals surface area contributed by atoms with Gasteiger partial charge in [0.05, 0.1) is 11.4 Å². The van der Waals surface area contributed by atoms with Crippen LogP contribution in [0.5, 0.6) is 0 Å². The van der Waals surface area contributed by atoms with Crippen LogP contribution in [0.3, 0.4) is 0 Å². The van der Waals surface area contributed by atoms with E-state index >= 15 is 0 Å². The first-order valence-corrected chi connectivity index (χ1v) is 41.8. The molecule has 20 aromatic rings. The van der Waals surface area contributed by atoms with Crippen molar-refractivity contribution in [3.63, 3.8) is 0 Å². The summed E-state index contributed by atoms with van der Waals surface area (Å²) >= 11 is 7.56. The van der Waals surface area contributed by atoms with Gasteiger partial charge in [-0.05, 0) is 167 Å². The van der Waals surface area contributed by atoms with E-state index in [0.717, 1.165) is 67.5 Å². The SMILES string of the molecule is CC(C)(C)c1cc2c(cc1-c1ccccc1)N(c1c(-c3cccc4sc5ccccc5c34)cccc1-c1cccc3sc4ccccc4c13)c1cc(-c3ccccc3)cc3c1B2c1cc(C(C)(C)C)c(-c2ccccc2)cc1N3c1c(-c2cccc3sc4ccccc4c23)cccc1-c1cccc2sc3ccccc3c12. The van der Waals surface area contributed by atoms with Crippen LogP contribution in [-0.2, 0) is 10.8 Å². The van der Waals surface area contributed by atoms with E-state index in [4.69, 9.17) is 0 Å². The molecule has 0 fully saturated rings. The lowest BCUT2D eigenvalue weighted by molar-refractivity contribution is 0.592. The van der Waals surface area contributed by atoms with Gasteiger partial charge in [0, 0.05) is 126 Å². The van der Waals surface area contributed by atoms with Gasteiger partial charge in [-0.3, -0.25) is 0 Å². The monoisotopic (exact) mass is 1490 g/mol. The smallest absolute Gasteiger partial charge is 0.252 e. The highest BCUT2D eigenvalue weighted by Gasteiger charge is 2.48. The number of nitrogens with zero attached hydrogens (tertiary/aromatic N) is 2. The van der Waals surface area contributed by atoms with E-state index in [1.54, 1.807) is 0 Å². The Kier molecular flexibility index (Phi) is 15.1. The van der Waals surface area contributed by atoms with Crippen molar-refractivity contribution in [1.29, 1.82) is 0 Å². The third-order valence-electron chi connectivity index (χ3n) is 23.5. The number of hydrogen-bond acceptors (Lipinski definition) is 6. The zero-order valence-corrected chi connectivity index (χ0v) is 65.6. The highest BCUT2D eigenvalue weighted by atomic mass is 32.1. The summed E-state index contributed by atoms with van der Waals surface area (Å²) in [5.41, 5.74) is 29.2. The third kappa shape index (κ3) is 10.3. The van der Waals surface area contributed by atoms with Crippen molar-refractivity contribution in [2.24, 2.45) is 0 Å². The lowest BCUT2D eigenvalue weighted by Gasteiger charge is -2.47. The number of thiophene rings is 4. The fourth-order valence-electron chi connectivity index (χ4n) is 18.8. The summed E-state index contributed by atoms with van der Waals surface area (Å²) in [6.45, 7) is 14.2. The second kappa shape index (κ2) is 25.3. The summed E-state index contributed by atoms with van der Waals surface area (Å²) in [5, 5.41) is 10.2. The van der Waals surface area contributed by atoms with Gasteiger partial charge in [-0.25, -0.2) is 0 Å². The molecule has 2 aliphatic heterocycles. The summed E-state index contributed by atoms with van der Waals surface area (Å²) in [6, 6.07) is 129.